The van der Waals surface area contributed by atoms with Gasteiger partial charge in [0.05, 0.1) is 6.61 Å². The van der Waals surface area contributed by atoms with Crippen LogP contribution in [0, 0.1) is 0 Å². The van der Waals surface area contributed by atoms with Gasteiger partial charge in [0.25, 0.3) is 0 Å². The van der Waals surface area contributed by atoms with Gasteiger partial charge in [-0.05, 0) is 44.3 Å². The molecule has 1 atom stereocenters. The molecule has 0 aliphatic carbocycles. The van der Waals surface area contributed by atoms with E-state index in [0.29, 0.717) is 0 Å². The van der Waals surface area contributed by atoms with Crippen molar-refractivity contribution in [3.63, 3.8) is 0 Å². The van der Waals surface area contributed by atoms with Crippen molar-refractivity contribution in [2.24, 2.45) is 0 Å². The van der Waals surface area contributed by atoms with Gasteiger partial charge in [-0.3, -0.25) is 0 Å². The van der Waals surface area contributed by atoms with Crippen molar-refractivity contribution in [2.75, 3.05) is 26.2 Å². The zero-order valence-electron chi connectivity index (χ0n) is 8.48. The molecule has 0 spiro atoms. The Labute approximate surface area is 85.4 Å². The quantitative estimate of drug-likeness (QED) is 0.725. The summed E-state index contributed by atoms with van der Waals surface area (Å²) in [6.07, 6.45) is 10.7. The first-order valence-electron chi connectivity index (χ1n) is 5.38. The van der Waals surface area contributed by atoms with Crippen molar-refractivity contribution < 1.29 is 4.74 Å². The zero-order chi connectivity index (χ0) is 9.64. The Morgan fingerprint density at radius 2 is 2.14 bits per heavy atom. The second-order valence-electron chi connectivity index (χ2n) is 3.75. The first kappa shape index (κ1) is 9.74. The van der Waals surface area contributed by atoms with Gasteiger partial charge in [0.1, 0.15) is 6.23 Å². The molecule has 0 aromatic heterocycles. The average molecular weight is 194 g/mol. The molecular formula is C11H18N2O. The van der Waals surface area contributed by atoms with Crippen LogP contribution in [0.5, 0.6) is 0 Å². The Morgan fingerprint density at radius 1 is 1.29 bits per heavy atom. The summed E-state index contributed by atoms with van der Waals surface area (Å²) in [6, 6.07) is 0. The lowest BCUT2D eigenvalue weighted by Gasteiger charge is -2.19. The minimum atomic E-state index is 0.0719. The third kappa shape index (κ3) is 2.86. The molecule has 2 aliphatic rings. The second-order valence-corrected chi connectivity index (χ2v) is 3.75. The first-order valence-corrected chi connectivity index (χ1v) is 5.38. The van der Waals surface area contributed by atoms with E-state index in [1.54, 1.807) is 0 Å². The summed E-state index contributed by atoms with van der Waals surface area (Å²) in [5.74, 6) is 0. The predicted octanol–water partition coefficient (Wildman–Crippen LogP) is 1.10. The molecule has 14 heavy (non-hydrogen) atoms. The Hall–Kier alpha value is -0.800. The fourth-order valence-corrected chi connectivity index (χ4v) is 1.85. The highest BCUT2D eigenvalue weighted by Crippen LogP contribution is 2.06. The van der Waals surface area contributed by atoms with Crippen LogP contribution in [0.25, 0.3) is 0 Å². The van der Waals surface area contributed by atoms with Crippen LogP contribution >= 0.6 is 0 Å². The maximum atomic E-state index is 5.65. The Balaban J connectivity index is 1.58. The molecule has 0 aromatic rings. The smallest absolute Gasteiger partial charge is 0.146 e. The highest BCUT2D eigenvalue weighted by molar-refractivity contribution is 5.09. The van der Waals surface area contributed by atoms with E-state index in [1.807, 2.05) is 24.4 Å². The van der Waals surface area contributed by atoms with Crippen molar-refractivity contribution in [1.82, 2.24) is 10.2 Å². The molecule has 78 valence electrons. The highest BCUT2D eigenvalue weighted by atomic mass is 16.5. The number of nitrogens with one attached hydrogen (secondary N) is 1. The largest absolute Gasteiger partial charge is 0.363 e. The molecule has 1 N–H and O–H groups in total. The number of rotatable bonds is 4. The fourth-order valence-electron chi connectivity index (χ4n) is 1.85. The lowest BCUT2D eigenvalue weighted by molar-refractivity contribution is 0.0568. The molecular weight excluding hydrogens is 176 g/mol. The van der Waals surface area contributed by atoms with Crippen molar-refractivity contribution in [2.45, 2.75) is 19.1 Å². The average Bonchev–Trinajstić information content (AvgIpc) is 2.72. The molecule has 0 aromatic carbocycles. The van der Waals surface area contributed by atoms with E-state index < -0.39 is 0 Å². The number of dihydropyridines is 1. The fraction of sp³-hybridized carbons (Fsp3) is 0.636. The van der Waals surface area contributed by atoms with Crippen molar-refractivity contribution in [3.05, 3.63) is 24.4 Å². The first-order chi connectivity index (χ1) is 6.95. The predicted molar refractivity (Wildman–Crippen MR) is 56.8 cm³/mol. The van der Waals surface area contributed by atoms with Crippen LogP contribution < -0.4 is 5.32 Å². The van der Waals surface area contributed by atoms with Crippen molar-refractivity contribution >= 4 is 0 Å². The summed E-state index contributed by atoms with van der Waals surface area (Å²) in [6.45, 7) is 4.37. The van der Waals surface area contributed by atoms with E-state index in [9.17, 15) is 0 Å². The van der Waals surface area contributed by atoms with Gasteiger partial charge in [-0.2, -0.15) is 0 Å². The molecule has 2 rings (SSSR count). The number of hydrogen-bond acceptors (Lipinski definition) is 3. The minimum absolute atomic E-state index is 0.0719. The van der Waals surface area contributed by atoms with Crippen LogP contribution in [0.1, 0.15) is 12.8 Å². The van der Waals surface area contributed by atoms with Crippen LogP contribution in [0.2, 0.25) is 0 Å². The number of ether oxygens (including phenoxy) is 1. The molecule has 3 heteroatoms. The molecule has 0 amide bonds. The molecule has 1 fully saturated rings. The number of nitrogens with zero attached hydrogens (tertiary/aromatic N) is 1. The summed E-state index contributed by atoms with van der Waals surface area (Å²) in [5.41, 5.74) is 0. The molecule has 0 radical (unpaired) electrons. The van der Waals surface area contributed by atoms with E-state index in [2.05, 4.69) is 10.2 Å². The molecule has 0 bridgehead atoms. The normalized spacial score (nSPS) is 26.7. The van der Waals surface area contributed by atoms with E-state index >= 15 is 0 Å². The number of hydrogen-bond donors (Lipinski definition) is 1. The SMILES string of the molecule is C1=CNC(OCCN2CCCC2)C=C1. The summed E-state index contributed by atoms with van der Waals surface area (Å²) in [5, 5.41) is 3.14. The van der Waals surface area contributed by atoms with E-state index in [-0.39, 0.29) is 6.23 Å². The number of allylic oxidation sites excluding steroid dienone is 2. The van der Waals surface area contributed by atoms with Crippen LogP contribution in [-0.4, -0.2) is 37.4 Å². The van der Waals surface area contributed by atoms with Gasteiger partial charge in [0.15, 0.2) is 0 Å². The van der Waals surface area contributed by atoms with Gasteiger partial charge in [-0.15, -0.1) is 0 Å². The Kier molecular flexibility index (Phi) is 3.60. The van der Waals surface area contributed by atoms with Gasteiger partial charge in [-0.1, -0.05) is 6.08 Å². The van der Waals surface area contributed by atoms with Gasteiger partial charge in [0, 0.05) is 6.54 Å². The molecule has 3 nitrogen and oxygen atoms in total. The lowest BCUT2D eigenvalue weighted by atomic mass is 10.4. The second kappa shape index (κ2) is 5.17. The summed E-state index contributed by atoms with van der Waals surface area (Å²) in [4.78, 5) is 2.46. The summed E-state index contributed by atoms with van der Waals surface area (Å²) >= 11 is 0. The Morgan fingerprint density at radius 3 is 2.86 bits per heavy atom. The lowest BCUT2D eigenvalue weighted by Crippen LogP contribution is -2.31. The zero-order valence-corrected chi connectivity index (χ0v) is 8.48. The molecule has 1 unspecified atom stereocenters. The van der Waals surface area contributed by atoms with Crippen LogP contribution in [0.3, 0.4) is 0 Å². The van der Waals surface area contributed by atoms with Crippen LogP contribution in [0.4, 0.5) is 0 Å². The third-order valence-corrected chi connectivity index (χ3v) is 2.66. The van der Waals surface area contributed by atoms with E-state index in [1.165, 1.54) is 25.9 Å². The maximum absolute atomic E-state index is 5.65. The maximum Gasteiger partial charge on any atom is 0.146 e. The third-order valence-electron chi connectivity index (χ3n) is 2.66. The van der Waals surface area contributed by atoms with Crippen molar-refractivity contribution in [1.29, 1.82) is 0 Å². The van der Waals surface area contributed by atoms with E-state index in [0.717, 1.165) is 13.2 Å². The monoisotopic (exact) mass is 194 g/mol. The van der Waals surface area contributed by atoms with Gasteiger partial charge in [0.2, 0.25) is 0 Å². The Bertz CT molecular complexity index is 219. The van der Waals surface area contributed by atoms with Crippen LogP contribution in [-0.2, 0) is 4.74 Å². The standard InChI is InChI=1S/C11H18N2O/c1-2-6-12-11(5-1)14-10-9-13-7-3-4-8-13/h1-2,5-6,11-12H,3-4,7-10H2. The van der Waals surface area contributed by atoms with Gasteiger partial charge >= 0.3 is 0 Å². The summed E-state index contributed by atoms with van der Waals surface area (Å²) in [7, 11) is 0. The molecule has 0 saturated carbocycles. The topological polar surface area (TPSA) is 24.5 Å². The molecule has 1 saturated heterocycles. The molecule has 2 aliphatic heterocycles. The molecule has 2 heterocycles. The highest BCUT2D eigenvalue weighted by Gasteiger charge is 2.11. The van der Waals surface area contributed by atoms with Crippen molar-refractivity contribution in [3.8, 4) is 0 Å². The van der Waals surface area contributed by atoms with Gasteiger partial charge < -0.3 is 15.0 Å². The van der Waals surface area contributed by atoms with Crippen LogP contribution in [0.15, 0.2) is 24.4 Å². The van der Waals surface area contributed by atoms with E-state index in [4.69, 9.17) is 4.74 Å². The number of likely N-dealkylation sites (tertiary alicyclic amines) is 1. The van der Waals surface area contributed by atoms with Gasteiger partial charge in [-0.25, -0.2) is 0 Å². The minimum Gasteiger partial charge on any atom is -0.363 e. The summed E-state index contributed by atoms with van der Waals surface area (Å²) < 4.78 is 5.65.